The van der Waals surface area contributed by atoms with Crippen LogP contribution in [0.2, 0.25) is 0 Å². The molecule has 0 unspecified atom stereocenters. The summed E-state index contributed by atoms with van der Waals surface area (Å²) in [6.07, 6.45) is -0.00245. The summed E-state index contributed by atoms with van der Waals surface area (Å²) in [4.78, 5) is 10.5. The number of hydrogen-bond donors (Lipinski definition) is 1. The van der Waals surface area contributed by atoms with Crippen molar-refractivity contribution in [2.24, 2.45) is 0 Å². The molecule has 1 aromatic carbocycles. The second-order valence-electron chi connectivity index (χ2n) is 3.08. The Bertz CT molecular complexity index is 356. The maximum Gasteiger partial charge on any atom is 0.216 e. The smallest absolute Gasteiger partial charge is 0.216 e. The van der Waals surface area contributed by atoms with Crippen LogP contribution in [-0.2, 0) is 11.2 Å². The Morgan fingerprint density at radius 1 is 1.27 bits per heavy atom. The van der Waals surface area contributed by atoms with Gasteiger partial charge in [-0.15, -0.1) is 0 Å². The number of amides is 1. The van der Waals surface area contributed by atoms with Gasteiger partial charge in [-0.1, -0.05) is 0 Å². The van der Waals surface area contributed by atoms with Crippen LogP contribution >= 0.6 is 0 Å². The summed E-state index contributed by atoms with van der Waals surface area (Å²) in [5.41, 5.74) is -0.217. The number of carbonyl (C=O) groups is 1. The Labute approximate surface area is 85.1 Å². The minimum Gasteiger partial charge on any atom is -0.356 e. The summed E-state index contributed by atoms with van der Waals surface area (Å²) in [5, 5.41) is 2.40. The van der Waals surface area contributed by atoms with Crippen LogP contribution in [0.3, 0.4) is 0 Å². The molecule has 0 aliphatic carbocycles. The zero-order chi connectivity index (χ0) is 11.4. The van der Waals surface area contributed by atoms with E-state index in [9.17, 15) is 18.0 Å². The molecule has 82 valence electrons. The molecule has 1 aromatic rings. The molecule has 0 bridgehead atoms. The average Bonchev–Trinajstić information content (AvgIpc) is 2.08. The molecular formula is C10H10F3NO. The average molecular weight is 217 g/mol. The van der Waals surface area contributed by atoms with Crippen LogP contribution in [0.1, 0.15) is 12.5 Å². The summed E-state index contributed by atoms with van der Waals surface area (Å²) in [5.74, 6) is -3.10. The van der Waals surface area contributed by atoms with Crippen LogP contribution in [0, 0.1) is 17.5 Å². The SMILES string of the molecule is CC(=O)NCCc1c(F)cc(F)cc1F. The second kappa shape index (κ2) is 4.82. The van der Waals surface area contributed by atoms with Crippen LogP contribution in [0.25, 0.3) is 0 Å². The first-order valence-corrected chi connectivity index (χ1v) is 4.38. The van der Waals surface area contributed by atoms with Gasteiger partial charge < -0.3 is 5.32 Å². The van der Waals surface area contributed by atoms with E-state index in [4.69, 9.17) is 0 Å². The predicted octanol–water partition coefficient (Wildman–Crippen LogP) is 1.78. The van der Waals surface area contributed by atoms with Crippen LogP contribution in [0.15, 0.2) is 12.1 Å². The molecule has 1 rings (SSSR count). The molecule has 2 nitrogen and oxygen atoms in total. The number of benzene rings is 1. The lowest BCUT2D eigenvalue weighted by molar-refractivity contribution is -0.118. The van der Waals surface area contributed by atoms with Crippen molar-refractivity contribution in [1.29, 1.82) is 0 Å². The monoisotopic (exact) mass is 217 g/mol. The number of carbonyl (C=O) groups excluding carboxylic acids is 1. The van der Waals surface area contributed by atoms with Crippen LogP contribution in [0.4, 0.5) is 13.2 Å². The van der Waals surface area contributed by atoms with Gasteiger partial charge in [-0.25, -0.2) is 13.2 Å². The number of hydrogen-bond acceptors (Lipinski definition) is 1. The van der Waals surface area contributed by atoms with Gasteiger partial charge in [-0.05, 0) is 6.42 Å². The Kier molecular flexibility index (Phi) is 3.71. The summed E-state index contributed by atoms with van der Waals surface area (Å²) in [6.45, 7) is 1.42. The molecule has 0 atom stereocenters. The van der Waals surface area contributed by atoms with Crippen LogP contribution in [0.5, 0.6) is 0 Å². The van der Waals surface area contributed by atoms with E-state index < -0.39 is 17.5 Å². The van der Waals surface area contributed by atoms with Crippen molar-refractivity contribution in [3.8, 4) is 0 Å². The lowest BCUT2D eigenvalue weighted by atomic mass is 10.1. The number of nitrogens with one attached hydrogen (secondary N) is 1. The van der Waals surface area contributed by atoms with E-state index in [2.05, 4.69) is 5.32 Å². The summed E-state index contributed by atoms with van der Waals surface area (Å²) in [6, 6.07) is 1.23. The Morgan fingerprint density at radius 2 is 1.80 bits per heavy atom. The van der Waals surface area contributed by atoms with Gasteiger partial charge in [0.2, 0.25) is 5.91 Å². The first-order valence-electron chi connectivity index (χ1n) is 4.38. The Morgan fingerprint density at radius 3 is 2.27 bits per heavy atom. The molecule has 0 aliphatic heterocycles. The van der Waals surface area contributed by atoms with Crippen LogP contribution in [-0.4, -0.2) is 12.5 Å². The molecule has 1 N–H and O–H groups in total. The zero-order valence-corrected chi connectivity index (χ0v) is 8.11. The van der Waals surface area contributed by atoms with Gasteiger partial charge in [-0.3, -0.25) is 4.79 Å². The largest absolute Gasteiger partial charge is 0.356 e. The van der Waals surface area contributed by atoms with Crippen molar-refractivity contribution >= 4 is 5.91 Å². The van der Waals surface area contributed by atoms with Crippen molar-refractivity contribution in [1.82, 2.24) is 5.32 Å². The van der Waals surface area contributed by atoms with E-state index in [-0.39, 0.29) is 24.4 Å². The normalized spacial score (nSPS) is 10.1. The quantitative estimate of drug-likeness (QED) is 0.821. The lowest BCUT2D eigenvalue weighted by Gasteiger charge is -2.05. The van der Waals surface area contributed by atoms with Crippen molar-refractivity contribution in [2.45, 2.75) is 13.3 Å². The third kappa shape index (κ3) is 3.27. The molecule has 0 saturated carbocycles. The molecule has 0 spiro atoms. The lowest BCUT2D eigenvalue weighted by Crippen LogP contribution is -2.23. The molecule has 5 heteroatoms. The molecule has 0 aliphatic rings. The minimum absolute atomic E-state index is 0.00245. The van der Waals surface area contributed by atoms with Gasteiger partial charge >= 0.3 is 0 Å². The first kappa shape index (κ1) is 11.6. The van der Waals surface area contributed by atoms with Gasteiger partial charge in [0.15, 0.2) is 0 Å². The summed E-state index contributed by atoms with van der Waals surface area (Å²) >= 11 is 0. The van der Waals surface area contributed by atoms with Crippen molar-refractivity contribution in [2.75, 3.05) is 6.54 Å². The maximum absolute atomic E-state index is 13.0. The van der Waals surface area contributed by atoms with Crippen molar-refractivity contribution in [3.05, 3.63) is 35.1 Å². The topological polar surface area (TPSA) is 29.1 Å². The highest BCUT2D eigenvalue weighted by atomic mass is 19.1. The van der Waals surface area contributed by atoms with Gasteiger partial charge in [0.1, 0.15) is 17.5 Å². The van der Waals surface area contributed by atoms with Crippen molar-refractivity contribution < 1.29 is 18.0 Å². The zero-order valence-electron chi connectivity index (χ0n) is 8.11. The maximum atomic E-state index is 13.0. The fraction of sp³-hybridized carbons (Fsp3) is 0.300. The highest BCUT2D eigenvalue weighted by molar-refractivity contribution is 5.72. The first-order chi connectivity index (χ1) is 7.00. The van der Waals surface area contributed by atoms with E-state index in [1.807, 2.05) is 0 Å². The molecule has 15 heavy (non-hydrogen) atoms. The molecule has 0 heterocycles. The molecular weight excluding hydrogens is 207 g/mol. The third-order valence-corrected chi connectivity index (χ3v) is 1.85. The Hall–Kier alpha value is -1.52. The number of rotatable bonds is 3. The predicted molar refractivity (Wildman–Crippen MR) is 48.7 cm³/mol. The summed E-state index contributed by atoms with van der Waals surface area (Å²) < 4.78 is 38.6. The van der Waals surface area contributed by atoms with E-state index >= 15 is 0 Å². The third-order valence-electron chi connectivity index (χ3n) is 1.85. The molecule has 0 aromatic heterocycles. The molecule has 0 saturated heterocycles. The van der Waals surface area contributed by atoms with E-state index in [1.165, 1.54) is 6.92 Å². The molecule has 0 fully saturated rings. The van der Waals surface area contributed by atoms with E-state index in [1.54, 1.807) is 0 Å². The van der Waals surface area contributed by atoms with Gasteiger partial charge in [-0.2, -0.15) is 0 Å². The highest BCUT2D eigenvalue weighted by Gasteiger charge is 2.10. The van der Waals surface area contributed by atoms with Crippen LogP contribution < -0.4 is 5.32 Å². The molecule has 1 amide bonds. The standard InChI is InChI=1S/C10H10F3NO/c1-6(15)14-3-2-8-9(12)4-7(11)5-10(8)13/h4-5H,2-3H2,1H3,(H,14,15). The van der Waals surface area contributed by atoms with Gasteiger partial charge in [0.05, 0.1) is 0 Å². The fourth-order valence-corrected chi connectivity index (χ4v) is 1.17. The van der Waals surface area contributed by atoms with Gasteiger partial charge in [0, 0.05) is 31.2 Å². The fourth-order valence-electron chi connectivity index (χ4n) is 1.17. The van der Waals surface area contributed by atoms with E-state index in [0.29, 0.717) is 12.1 Å². The molecule has 0 radical (unpaired) electrons. The highest BCUT2D eigenvalue weighted by Crippen LogP contribution is 2.14. The van der Waals surface area contributed by atoms with E-state index in [0.717, 1.165) is 0 Å². The minimum atomic E-state index is -0.951. The summed E-state index contributed by atoms with van der Waals surface area (Å²) in [7, 11) is 0. The second-order valence-corrected chi connectivity index (χ2v) is 3.08. The Balaban J connectivity index is 2.72. The van der Waals surface area contributed by atoms with Crippen molar-refractivity contribution in [3.63, 3.8) is 0 Å². The number of halogens is 3. The van der Waals surface area contributed by atoms with Gasteiger partial charge in [0.25, 0.3) is 0 Å².